The molecule has 1 N–H and O–H groups in total. The lowest BCUT2D eigenvalue weighted by molar-refractivity contribution is -0.140. The normalized spacial score (nSPS) is 18.4. The SMILES string of the molecule is CCCCCCCCOc1ccc([C@@H](CC(=O)OC)c2oc(CN3C[C@H]4C[C@@H](C3)c3cccc(=O)n3C4)cc(=O)c2O)cc1. The Morgan fingerprint density at radius 1 is 1.02 bits per heavy atom. The minimum atomic E-state index is -0.720. The highest BCUT2D eigenvalue weighted by atomic mass is 16.5. The van der Waals surface area contributed by atoms with E-state index in [4.69, 9.17) is 13.9 Å². The van der Waals surface area contributed by atoms with Crippen molar-refractivity contribution in [2.24, 2.45) is 5.92 Å². The summed E-state index contributed by atoms with van der Waals surface area (Å²) in [5.41, 5.74) is 1.23. The van der Waals surface area contributed by atoms with Crippen molar-refractivity contribution >= 4 is 5.97 Å². The molecule has 2 aliphatic rings. The van der Waals surface area contributed by atoms with Gasteiger partial charge in [0, 0.05) is 43.4 Å². The number of methoxy groups -OCH3 is 1. The van der Waals surface area contributed by atoms with Gasteiger partial charge in [-0.3, -0.25) is 19.3 Å². The maximum Gasteiger partial charge on any atom is 0.306 e. The first-order valence-corrected chi connectivity index (χ1v) is 15.9. The van der Waals surface area contributed by atoms with Crippen LogP contribution in [0, 0.1) is 5.92 Å². The van der Waals surface area contributed by atoms with Gasteiger partial charge >= 0.3 is 5.97 Å². The number of rotatable bonds is 14. The lowest BCUT2D eigenvalue weighted by Gasteiger charge is -2.42. The van der Waals surface area contributed by atoms with E-state index in [0.717, 1.165) is 43.8 Å². The van der Waals surface area contributed by atoms with Crippen LogP contribution in [0.25, 0.3) is 0 Å². The zero-order valence-electron chi connectivity index (χ0n) is 25.8. The van der Waals surface area contributed by atoms with Gasteiger partial charge in [-0.1, -0.05) is 57.2 Å². The Morgan fingerprint density at radius 3 is 2.57 bits per heavy atom. The van der Waals surface area contributed by atoms with E-state index >= 15 is 0 Å². The Hall–Kier alpha value is -3.85. The van der Waals surface area contributed by atoms with Gasteiger partial charge in [0.2, 0.25) is 11.2 Å². The van der Waals surface area contributed by atoms with E-state index in [9.17, 15) is 19.5 Å². The smallest absolute Gasteiger partial charge is 0.306 e. The van der Waals surface area contributed by atoms with Crippen molar-refractivity contribution in [3.8, 4) is 11.5 Å². The van der Waals surface area contributed by atoms with E-state index in [-0.39, 0.29) is 23.7 Å². The third-order valence-electron chi connectivity index (χ3n) is 8.90. The number of pyridine rings is 1. The summed E-state index contributed by atoms with van der Waals surface area (Å²) in [5.74, 6) is 0.0144. The lowest BCUT2D eigenvalue weighted by Crippen LogP contribution is -2.46. The molecule has 0 amide bonds. The van der Waals surface area contributed by atoms with Crippen molar-refractivity contribution < 1.29 is 23.8 Å². The summed E-state index contributed by atoms with van der Waals surface area (Å²) in [6.45, 7) is 5.39. The molecule has 9 nitrogen and oxygen atoms in total. The number of likely N-dealkylation sites (tertiary alicyclic amines) is 1. The van der Waals surface area contributed by atoms with Crippen LogP contribution in [0.2, 0.25) is 0 Å². The summed E-state index contributed by atoms with van der Waals surface area (Å²) >= 11 is 0. The van der Waals surface area contributed by atoms with Gasteiger partial charge in [-0.15, -0.1) is 0 Å². The number of unbranched alkanes of at least 4 members (excludes halogenated alkanes) is 5. The molecule has 1 aromatic carbocycles. The molecule has 2 aromatic heterocycles. The number of carbonyl (C=O) groups excluding carboxylic acids is 1. The van der Waals surface area contributed by atoms with E-state index in [1.165, 1.54) is 38.9 Å². The van der Waals surface area contributed by atoms with Gasteiger partial charge < -0.3 is 23.6 Å². The standard InChI is InChI=1S/C35H44N2O7/c1-3-4-5-6-7-8-16-43-27-14-12-25(13-15-27)29(19-33(40)42-2)35-34(41)31(38)18-28(44-35)23-36-20-24-17-26(22-36)30-10-9-11-32(39)37(30)21-24/h9-15,18,24,26,29,41H,3-8,16-17,19-23H2,1-2H3/t24-,26+,29-/m1/s1. The summed E-state index contributed by atoms with van der Waals surface area (Å²) in [5, 5.41) is 10.9. The van der Waals surface area contributed by atoms with Crippen molar-refractivity contribution in [3.05, 3.63) is 91.9 Å². The topological polar surface area (TPSA) is 111 Å². The molecule has 0 spiro atoms. The minimum Gasteiger partial charge on any atom is -0.502 e. The number of esters is 1. The summed E-state index contributed by atoms with van der Waals surface area (Å²) < 4.78 is 19.0. The molecule has 0 aliphatic carbocycles. The number of benzene rings is 1. The number of hydrogen-bond acceptors (Lipinski definition) is 8. The van der Waals surface area contributed by atoms with E-state index in [1.807, 2.05) is 41.0 Å². The second-order valence-corrected chi connectivity index (χ2v) is 12.2. The predicted molar refractivity (Wildman–Crippen MR) is 167 cm³/mol. The van der Waals surface area contributed by atoms with Gasteiger partial charge in [0.15, 0.2) is 5.76 Å². The average Bonchev–Trinajstić information content (AvgIpc) is 3.02. The van der Waals surface area contributed by atoms with Crippen LogP contribution < -0.4 is 15.7 Å². The quantitative estimate of drug-likeness (QED) is 0.188. The average molecular weight is 605 g/mol. The Balaban J connectivity index is 1.31. The highest BCUT2D eigenvalue weighted by Crippen LogP contribution is 2.37. The predicted octanol–water partition coefficient (Wildman–Crippen LogP) is 5.56. The third-order valence-corrected chi connectivity index (χ3v) is 8.90. The highest BCUT2D eigenvalue weighted by molar-refractivity contribution is 5.71. The number of nitrogens with zero attached hydrogens (tertiary/aromatic N) is 2. The van der Waals surface area contributed by atoms with Crippen LogP contribution in [0.15, 0.2) is 62.5 Å². The summed E-state index contributed by atoms with van der Waals surface area (Å²) in [7, 11) is 1.31. The second kappa shape index (κ2) is 14.8. The van der Waals surface area contributed by atoms with Crippen LogP contribution >= 0.6 is 0 Å². The van der Waals surface area contributed by atoms with Crippen molar-refractivity contribution in [2.45, 2.75) is 83.2 Å². The molecular formula is C35H44N2O7. The van der Waals surface area contributed by atoms with E-state index in [2.05, 4.69) is 11.8 Å². The van der Waals surface area contributed by atoms with Gasteiger partial charge in [0.1, 0.15) is 11.5 Å². The minimum absolute atomic E-state index is 0.0360. The molecule has 236 valence electrons. The van der Waals surface area contributed by atoms with Crippen LogP contribution in [0.4, 0.5) is 0 Å². The number of carbonyl (C=O) groups is 1. The van der Waals surface area contributed by atoms with Crippen molar-refractivity contribution in [2.75, 3.05) is 26.8 Å². The van der Waals surface area contributed by atoms with Gasteiger partial charge in [-0.2, -0.15) is 0 Å². The molecule has 2 bridgehead atoms. The van der Waals surface area contributed by atoms with Gasteiger partial charge in [-0.05, 0) is 42.5 Å². The first-order valence-electron chi connectivity index (χ1n) is 15.9. The van der Waals surface area contributed by atoms with E-state index in [1.54, 1.807) is 6.07 Å². The number of piperidine rings is 1. The van der Waals surface area contributed by atoms with Crippen molar-refractivity contribution in [1.29, 1.82) is 0 Å². The zero-order chi connectivity index (χ0) is 31.1. The van der Waals surface area contributed by atoms with Crippen molar-refractivity contribution in [3.63, 3.8) is 0 Å². The fourth-order valence-electron chi connectivity index (χ4n) is 6.69. The van der Waals surface area contributed by atoms with Gasteiger partial charge in [0.25, 0.3) is 5.56 Å². The molecule has 44 heavy (non-hydrogen) atoms. The molecule has 0 unspecified atom stereocenters. The fraction of sp³-hybridized carbons (Fsp3) is 0.514. The monoisotopic (exact) mass is 604 g/mol. The first-order chi connectivity index (χ1) is 21.4. The maximum absolute atomic E-state index is 13.0. The molecule has 3 atom stereocenters. The Morgan fingerprint density at radius 2 is 1.80 bits per heavy atom. The maximum atomic E-state index is 13.0. The molecule has 5 rings (SSSR count). The molecular weight excluding hydrogens is 560 g/mol. The highest BCUT2D eigenvalue weighted by Gasteiger charge is 2.35. The third kappa shape index (κ3) is 7.62. The molecule has 1 fully saturated rings. The number of ether oxygens (including phenoxy) is 2. The Bertz CT molecular complexity index is 1530. The number of hydrogen-bond donors (Lipinski definition) is 1. The van der Waals surface area contributed by atoms with Crippen LogP contribution in [0.5, 0.6) is 11.5 Å². The second-order valence-electron chi connectivity index (χ2n) is 12.2. The van der Waals surface area contributed by atoms with E-state index < -0.39 is 23.1 Å². The Labute approximate surface area is 258 Å². The lowest BCUT2D eigenvalue weighted by atomic mass is 9.83. The van der Waals surface area contributed by atoms with Gasteiger partial charge in [0.05, 0.1) is 32.6 Å². The molecule has 9 heteroatoms. The Kier molecular flexibility index (Phi) is 10.6. The number of fused-ring (bicyclic) bond motifs is 4. The zero-order valence-corrected chi connectivity index (χ0v) is 25.8. The van der Waals surface area contributed by atoms with E-state index in [0.29, 0.717) is 36.9 Å². The molecule has 3 aromatic rings. The molecule has 0 saturated carbocycles. The largest absolute Gasteiger partial charge is 0.502 e. The summed E-state index contributed by atoms with van der Waals surface area (Å²) in [6.07, 6.45) is 8.01. The molecule has 1 saturated heterocycles. The first kappa shape index (κ1) is 31.6. The van der Waals surface area contributed by atoms with Crippen molar-refractivity contribution in [1.82, 2.24) is 9.47 Å². The fourth-order valence-corrected chi connectivity index (χ4v) is 6.69. The van der Waals surface area contributed by atoms with Gasteiger partial charge in [-0.25, -0.2) is 0 Å². The van der Waals surface area contributed by atoms with Crippen LogP contribution in [-0.2, 0) is 22.6 Å². The molecule has 2 aliphatic heterocycles. The summed E-state index contributed by atoms with van der Waals surface area (Å²) in [4.78, 5) is 40.1. The number of aromatic hydroxyl groups is 1. The molecule has 4 heterocycles. The van der Waals surface area contributed by atoms with Crippen LogP contribution in [0.3, 0.4) is 0 Å². The summed E-state index contributed by atoms with van der Waals surface area (Å²) in [6, 6.07) is 14.1. The number of aromatic nitrogens is 1. The molecule has 0 radical (unpaired) electrons. The van der Waals surface area contributed by atoms with Crippen LogP contribution in [0.1, 0.15) is 92.9 Å². The van der Waals surface area contributed by atoms with Crippen LogP contribution in [-0.4, -0.2) is 47.3 Å².